The summed E-state index contributed by atoms with van der Waals surface area (Å²) in [5.74, 6) is 0.182. The van der Waals surface area contributed by atoms with Crippen LogP contribution in [-0.2, 0) is 6.61 Å². The van der Waals surface area contributed by atoms with E-state index in [0.29, 0.717) is 5.02 Å². The monoisotopic (exact) mass is 291 g/mol. The highest BCUT2D eigenvalue weighted by Crippen LogP contribution is 2.30. The Morgan fingerprint density at radius 2 is 1.80 bits per heavy atom. The molecule has 0 radical (unpaired) electrons. The fraction of sp³-hybridized carbons (Fsp3) is 0.200. The number of benzene rings is 2. The van der Waals surface area contributed by atoms with Crippen LogP contribution in [0.5, 0.6) is 5.75 Å². The molecule has 0 unspecified atom stereocenters. The van der Waals surface area contributed by atoms with Crippen LogP contribution in [0.2, 0.25) is 5.02 Å². The van der Waals surface area contributed by atoms with Crippen molar-refractivity contribution in [3.05, 3.63) is 68.2 Å². The molecule has 0 aliphatic rings. The first-order valence-corrected chi connectivity index (χ1v) is 6.47. The predicted molar refractivity (Wildman–Crippen MR) is 78.4 cm³/mol. The lowest BCUT2D eigenvalue weighted by atomic mass is 10.1. The van der Waals surface area contributed by atoms with Gasteiger partial charge in [0.05, 0.1) is 4.92 Å². The number of ether oxygens (including phenoxy) is 1. The zero-order valence-electron chi connectivity index (χ0n) is 11.2. The largest absolute Gasteiger partial charge is 0.482 e. The summed E-state index contributed by atoms with van der Waals surface area (Å²) < 4.78 is 5.55. The molecule has 0 N–H and O–H groups in total. The van der Waals surface area contributed by atoms with Crippen LogP contribution in [0.15, 0.2) is 36.4 Å². The number of nitrogens with zero attached hydrogens (tertiary/aromatic N) is 1. The van der Waals surface area contributed by atoms with E-state index in [0.717, 1.165) is 16.7 Å². The molecule has 2 aromatic carbocycles. The smallest absolute Gasteiger partial charge is 0.311 e. The van der Waals surface area contributed by atoms with Gasteiger partial charge in [0.2, 0.25) is 0 Å². The van der Waals surface area contributed by atoms with Crippen LogP contribution in [0.25, 0.3) is 0 Å². The Balaban J connectivity index is 2.22. The molecule has 0 bridgehead atoms. The first kappa shape index (κ1) is 14.3. The normalized spacial score (nSPS) is 10.3. The third kappa shape index (κ3) is 3.48. The van der Waals surface area contributed by atoms with Gasteiger partial charge in [-0.25, -0.2) is 0 Å². The fourth-order valence-electron chi connectivity index (χ4n) is 2.07. The van der Waals surface area contributed by atoms with Gasteiger partial charge < -0.3 is 4.74 Å². The van der Waals surface area contributed by atoms with Crippen LogP contribution in [0.4, 0.5) is 5.69 Å². The minimum Gasteiger partial charge on any atom is -0.482 e. The van der Waals surface area contributed by atoms with Crippen molar-refractivity contribution in [2.75, 3.05) is 0 Å². The molecule has 20 heavy (non-hydrogen) atoms. The van der Waals surface area contributed by atoms with Crippen molar-refractivity contribution < 1.29 is 9.66 Å². The summed E-state index contributed by atoms with van der Waals surface area (Å²) in [4.78, 5) is 10.5. The minimum atomic E-state index is -0.479. The van der Waals surface area contributed by atoms with Crippen LogP contribution < -0.4 is 4.74 Å². The molecular weight excluding hydrogens is 278 g/mol. The minimum absolute atomic E-state index is 0.0845. The van der Waals surface area contributed by atoms with Gasteiger partial charge in [-0.3, -0.25) is 10.1 Å². The van der Waals surface area contributed by atoms with Gasteiger partial charge in [-0.1, -0.05) is 40.9 Å². The summed E-state index contributed by atoms with van der Waals surface area (Å²) >= 11 is 5.85. The van der Waals surface area contributed by atoms with Crippen LogP contribution >= 0.6 is 11.6 Å². The second-order valence-electron chi connectivity index (χ2n) is 4.65. The van der Waals surface area contributed by atoms with Crippen LogP contribution in [0, 0.1) is 24.0 Å². The highest BCUT2D eigenvalue weighted by Gasteiger charge is 2.15. The van der Waals surface area contributed by atoms with Gasteiger partial charge in [0.15, 0.2) is 5.75 Å². The molecule has 5 heteroatoms. The summed E-state index contributed by atoms with van der Waals surface area (Å²) in [5, 5.41) is 11.3. The Morgan fingerprint density at radius 3 is 2.40 bits per heavy atom. The number of nitro groups is 1. The lowest BCUT2D eigenvalue weighted by Crippen LogP contribution is -2.00. The Morgan fingerprint density at radius 1 is 1.15 bits per heavy atom. The van der Waals surface area contributed by atoms with Gasteiger partial charge in [-0.05, 0) is 25.5 Å². The molecule has 0 fully saturated rings. The van der Waals surface area contributed by atoms with Gasteiger partial charge >= 0.3 is 5.69 Å². The molecule has 0 spiro atoms. The van der Waals surface area contributed by atoms with Crippen LogP contribution in [-0.4, -0.2) is 4.92 Å². The molecule has 0 saturated heterocycles. The molecular formula is C15H14ClNO3. The van der Waals surface area contributed by atoms with Gasteiger partial charge in [0.25, 0.3) is 0 Å². The highest BCUT2D eigenvalue weighted by molar-refractivity contribution is 6.30. The van der Waals surface area contributed by atoms with E-state index in [-0.39, 0.29) is 18.0 Å². The van der Waals surface area contributed by atoms with Crippen molar-refractivity contribution in [2.24, 2.45) is 0 Å². The zero-order chi connectivity index (χ0) is 14.7. The topological polar surface area (TPSA) is 52.4 Å². The molecule has 104 valence electrons. The number of aryl methyl sites for hydroxylation is 2. The molecule has 2 aromatic rings. The van der Waals surface area contributed by atoms with Crippen LogP contribution in [0.1, 0.15) is 16.7 Å². The summed E-state index contributed by atoms with van der Waals surface area (Å²) in [5.41, 5.74) is 3.14. The van der Waals surface area contributed by atoms with Crippen LogP contribution in [0.3, 0.4) is 0 Å². The van der Waals surface area contributed by atoms with Crippen molar-refractivity contribution in [1.29, 1.82) is 0 Å². The van der Waals surface area contributed by atoms with Gasteiger partial charge in [0, 0.05) is 17.2 Å². The summed E-state index contributed by atoms with van der Waals surface area (Å²) in [6.45, 7) is 4.26. The molecule has 0 amide bonds. The average Bonchev–Trinajstić information content (AvgIpc) is 2.35. The van der Waals surface area contributed by atoms with E-state index in [4.69, 9.17) is 16.3 Å². The quantitative estimate of drug-likeness (QED) is 0.618. The first-order chi connectivity index (χ1) is 9.45. The molecule has 0 aromatic heterocycles. The van der Waals surface area contributed by atoms with Gasteiger partial charge in [-0.2, -0.15) is 0 Å². The molecule has 0 atom stereocenters. The standard InChI is InChI=1S/C15H14ClNO3/c1-10-5-11(2)7-12(6-10)9-20-15-8-13(16)3-4-14(15)17(18)19/h3-8H,9H2,1-2H3. The van der Waals surface area contributed by atoms with E-state index >= 15 is 0 Å². The van der Waals surface area contributed by atoms with Crippen molar-refractivity contribution in [2.45, 2.75) is 20.5 Å². The number of halogens is 1. The van der Waals surface area contributed by atoms with E-state index < -0.39 is 4.92 Å². The number of hydrogen-bond acceptors (Lipinski definition) is 3. The van der Waals surface area contributed by atoms with Gasteiger partial charge in [-0.15, -0.1) is 0 Å². The van der Waals surface area contributed by atoms with Gasteiger partial charge in [0.1, 0.15) is 6.61 Å². The lowest BCUT2D eigenvalue weighted by Gasteiger charge is -2.09. The van der Waals surface area contributed by atoms with Crippen molar-refractivity contribution >= 4 is 17.3 Å². The SMILES string of the molecule is Cc1cc(C)cc(COc2cc(Cl)ccc2[N+](=O)[O-])c1. The van der Waals surface area contributed by atoms with E-state index in [2.05, 4.69) is 6.07 Å². The predicted octanol–water partition coefficient (Wildman–Crippen LogP) is 4.44. The Kier molecular flexibility index (Phi) is 4.25. The highest BCUT2D eigenvalue weighted by atomic mass is 35.5. The maximum atomic E-state index is 10.9. The molecule has 2 rings (SSSR count). The van der Waals surface area contributed by atoms with E-state index in [9.17, 15) is 10.1 Å². The summed E-state index contributed by atoms with van der Waals surface area (Å²) in [7, 11) is 0. The Labute approximate surface area is 122 Å². The van der Waals surface area contributed by atoms with Crippen molar-refractivity contribution in [3.63, 3.8) is 0 Å². The average molecular weight is 292 g/mol. The number of hydrogen-bond donors (Lipinski definition) is 0. The Hall–Kier alpha value is -2.07. The van der Waals surface area contributed by atoms with E-state index in [1.165, 1.54) is 18.2 Å². The number of nitro benzene ring substituents is 1. The van der Waals surface area contributed by atoms with Crippen molar-refractivity contribution in [1.82, 2.24) is 0 Å². The second kappa shape index (κ2) is 5.92. The molecule has 0 saturated carbocycles. The fourth-order valence-corrected chi connectivity index (χ4v) is 2.23. The third-order valence-corrected chi connectivity index (χ3v) is 3.03. The van der Waals surface area contributed by atoms with E-state index in [1.807, 2.05) is 26.0 Å². The Bertz CT molecular complexity index is 635. The number of rotatable bonds is 4. The summed E-state index contributed by atoms with van der Waals surface area (Å²) in [6, 6.07) is 10.3. The van der Waals surface area contributed by atoms with Crippen molar-refractivity contribution in [3.8, 4) is 5.75 Å². The summed E-state index contributed by atoms with van der Waals surface area (Å²) in [6.07, 6.45) is 0. The maximum absolute atomic E-state index is 10.9. The maximum Gasteiger partial charge on any atom is 0.311 e. The third-order valence-electron chi connectivity index (χ3n) is 2.79. The molecule has 0 heterocycles. The molecule has 0 aliphatic heterocycles. The lowest BCUT2D eigenvalue weighted by molar-refractivity contribution is -0.385. The first-order valence-electron chi connectivity index (χ1n) is 6.09. The zero-order valence-corrected chi connectivity index (χ0v) is 12.0. The van der Waals surface area contributed by atoms with E-state index in [1.54, 1.807) is 0 Å². The second-order valence-corrected chi connectivity index (χ2v) is 5.09. The molecule has 4 nitrogen and oxygen atoms in total. The molecule has 0 aliphatic carbocycles.